The Kier molecular flexibility index (Phi) is 5.96. The minimum atomic E-state index is -1.27. The van der Waals surface area contributed by atoms with Crippen molar-refractivity contribution in [2.24, 2.45) is 15.4 Å². The highest BCUT2D eigenvalue weighted by Crippen LogP contribution is 2.36. The number of fused-ring (bicyclic) bond motifs is 1. The first kappa shape index (κ1) is 23.1. The number of aliphatic hydroxyl groups is 3. The van der Waals surface area contributed by atoms with E-state index in [9.17, 15) is 15.3 Å². The van der Waals surface area contributed by atoms with Crippen LogP contribution in [0.2, 0.25) is 0 Å². The normalized spacial score (nSPS) is 30.1. The van der Waals surface area contributed by atoms with Gasteiger partial charge in [-0.1, -0.05) is 43.2 Å². The molecule has 2 unspecified atom stereocenters. The van der Waals surface area contributed by atoms with Gasteiger partial charge in [0.05, 0.1) is 19.1 Å². The molecule has 12 nitrogen and oxygen atoms in total. The average molecular weight is 493 g/mol. The summed E-state index contributed by atoms with van der Waals surface area (Å²) < 4.78 is 7.34. The summed E-state index contributed by atoms with van der Waals surface area (Å²) in [6.07, 6.45) is 3.57. The maximum atomic E-state index is 10.7. The van der Waals surface area contributed by atoms with Gasteiger partial charge in [0.2, 0.25) is 0 Å². The zero-order valence-corrected chi connectivity index (χ0v) is 19.6. The number of rotatable bonds is 7. The van der Waals surface area contributed by atoms with Crippen molar-refractivity contribution in [2.75, 3.05) is 11.9 Å². The highest BCUT2D eigenvalue weighted by Gasteiger charge is 2.45. The molecule has 3 aromatic rings. The highest BCUT2D eigenvalue weighted by molar-refractivity contribution is 5.84. The molecule has 3 aliphatic rings. The Morgan fingerprint density at radius 3 is 2.58 bits per heavy atom. The number of hydrogen-bond acceptors (Lipinski definition) is 11. The van der Waals surface area contributed by atoms with Gasteiger partial charge in [0.15, 0.2) is 34.6 Å². The second-order valence-corrected chi connectivity index (χ2v) is 9.60. The number of imidazole rings is 1. The van der Waals surface area contributed by atoms with Crippen LogP contribution in [-0.2, 0) is 16.7 Å². The van der Waals surface area contributed by atoms with Gasteiger partial charge in [-0.3, -0.25) is 4.57 Å². The summed E-state index contributed by atoms with van der Waals surface area (Å²) >= 11 is 0. The van der Waals surface area contributed by atoms with Crippen LogP contribution in [0.1, 0.15) is 43.3 Å². The predicted octanol–water partition coefficient (Wildman–Crippen LogP) is 1.68. The van der Waals surface area contributed by atoms with Crippen LogP contribution < -0.4 is 5.32 Å². The number of nitrogens with zero attached hydrogens (tertiary/aromatic N) is 7. The topological polar surface area (TPSA) is 163 Å². The lowest BCUT2D eigenvalue weighted by Crippen LogP contribution is -2.33. The second-order valence-electron chi connectivity index (χ2n) is 9.60. The maximum absolute atomic E-state index is 10.7. The molecule has 1 aromatic carbocycles. The Morgan fingerprint density at radius 2 is 1.89 bits per heavy atom. The molecule has 0 amide bonds. The molecule has 1 saturated heterocycles. The summed E-state index contributed by atoms with van der Waals surface area (Å²) in [5, 5.41) is 46.5. The van der Waals surface area contributed by atoms with Crippen LogP contribution in [0, 0.1) is 0 Å². The Balaban J connectivity index is 1.47. The van der Waals surface area contributed by atoms with Gasteiger partial charge in [-0.15, -0.1) is 10.2 Å². The molecular formula is C24H28N8O4. The zero-order chi connectivity index (χ0) is 24.7. The van der Waals surface area contributed by atoms with Crippen LogP contribution >= 0.6 is 0 Å². The Hall–Kier alpha value is -3.32. The van der Waals surface area contributed by atoms with E-state index in [0.29, 0.717) is 29.2 Å². The standard InChI is InChI=1S/C24H28N8O4/c33-11-16-18(34)19(35)22(36-16)32-13-25-17-20(27-15-8-4-5-9-15)28-23(29-21(17)32)24(12-26-31-30-24)10-14-6-2-1-3-7-14/h1-3,6-7,12-13,15-16,18-19,22,33-35H,4-5,8-11H2,(H,27,28,29)/t16-,18-,19-,22?,24?/m1/s1. The number of anilines is 1. The van der Waals surface area contributed by atoms with Crippen molar-refractivity contribution in [3.63, 3.8) is 0 Å². The third kappa shape index (κ3) is 3.95. The average Bonchev–Trinajstić information content (AvgIpc) is 3.69. The first-order chi connectivity index (χ1) is 17.6. The summed E-state index contributed by atoms with van der Waals surface area (Å²) in [5.74, 6) is 0.952. The second kappa shape index (κ2) is 9.28. The maximum Gasteiger partial charge on any atom is 0.184 e. The van der Waals surface area contributed by atoms with Crippen LogP contribution in [0.15, 0.2) is 52.1 Å². The van der Waals surface area contributed by atoms with E-state index in [1.807, 2.05) is 30.3 Å². The van der Waals surface area contributed by atoms with Crippen molar-refractivity contribution < 1.29 is 20.1 Å². The van der Waals surface area contributed by atoms with Crippen molar-refractivity contribution in [3.05, 3.63) is 48.0 Å². The fraction of sp³-hybridized carbons (Fsp3) is 0.500. The Bertz CT molecular complexity index is 1280. The number of benzene rings is 1. The third-order valence-electron chi connectivity index (χ3n) is 7.16. The quantitative estimate of drug-likeness (QED) is 0.387. The number of aromatic nitrogens is 4. The lowest BCUT2D eigenvalue weighted by molar-refractivity contribution is -0.0511. The Morgan fingerprint density at radius 1 is 1.08 bits per heavy atom. The van der Waals surface area contributed by atoms with Crippen LogP contribution in [0.25, 0.3) is 11.2 Å². The van der Waals surface area contributed by atoms with Gasteiger partial charge in [-0.2, -0.15) is 0 Å². The minimum Gasteiger partial charge on any atom is -0.394 e. The van der Waals surface area contributed by atoms with Gasteiger partial charge < -0.3 is 25.4 Å². The van der Waals surface area contributed by atoms with Gasteiger partial charge in [-0.25, -0.2) is 15.0 Å². The Labute approximate surface area is 206 Å². The van der Waals surface area contributed by atoms with Crippen molar-refractivity contribution in [1.29, 1.82) is 0 Å². The molecule has 2 aromatic heterocycles. The molecule has 4 N–H and O–H groups in total. The predicted molar refractivity (Wildman–Crippen MR) is 129 cm³/mol. The van der Waals surface area contributed by atoms with Crippen molar-refractivity contribution in [1.82, 2.24) is 19.5 Å². The van der Waals surface area contributed by atoms with E-state index in [1.165, 1.54) is 6.33 Å². The van der Waals surface area contributed by atoms with E-state index in [4.69, 9.17) is 14.7 Å². The molecule has 0 radical (unpaired) electrons. The molecular weight excluding hydrogens is 464 g/mol. The van der Waals surface area contributed by atoms with Crippen LogP contribution in [0.5, 0.6) is 0 Å². The summed E-state index contributed by atoms with van der Waals surface area (Å²) in [5.41, 5.74) is 0.943. The SMILES string of the molecule is OC[C@H]1OC(n2cnc3c(NC4CCCC4)nc(C4(Cc5ccccc5)C=NN=N4)nc32)[C@H](O)[C@@H]1O. The van der Waals surface area contributed by atoms with Gasteiger partial charge in [-0.05, 0) is 23.6 Å². The van der Waals surface area contributed by atoms with Gasteiger partial charge in [0, 0.05) is 12.5 Å². The van der Waals surface area contributed by atoms with E-state index in [0.717, 1.165) is 31.2 Å². The lowest BCUT2D eigenvalue weighted by atomic mass is 9.92. The highest BCUT2D eigenvalue weighted by atomic mass is 16.6. The minimum absolute atomic E-state index is 0.263. The molecule has 6 rings (SSSR count). The lowest BCUT2D eigenvalue weighted by Gasteiger charge is -2.23. The van der Waals surface area contributed by atoms with Crippen LogP contribution in [0.3, 0.4) is 0 Å². The monoisotopic (exact) mass is 492 g/mol. The molecule has 1 saturated carbocycles. The molecule has 0 spiro atoms. The van der Waals surface area contributed by atoms with E-state index in [-0.39, 0.29) is 6.04 Å². The number of ether oxygens (including phenoxy) is 1. The molecule has 188 valence electrons. The van der Waals surface area contributed by atoms with Crippen LogP contribution in [0.4, 0.5) is 5.82 Å². The molecule has 1 aliphatic carbocycles. The summed E-state index contributed by atoms with van der Waals surface area (Å²) in [4.78, 5) is 14.3. The molecule has 4 heterocycles. The van der Waals surface area contributed by atoms with E-state index in [2.05, 4.69) is 25.7 Å². The number of aliphatic hydroxyl groups excluding tert-OH is 3. The van der Waals surface area contributed by atoms with Crippen molar-refractivity contribution in [2.45, 2.75) is 68.2 Å². The molecule has 0 bridgehead atoms. The zero-order valence-electron chi connectivity index (χ0n) is 19.6. The molecule has 2 fully saturated rings. The molecule has 5 atom stereocenters. The first-order valence-corrected chi connectivity index (χ1v) is 12.2. The number of hydrogen-bond donors (Lipinski definition) is 4. The fourth-order valence-electron chi connectivity index (χ4n) is 5.19. The van der Waals surface area contributed by atoms with E-state index >= 15 is 0 Å². The van der Waals surface area contributed by atoms with E-state index in [1.54, 1.807) is 10.8 Å². The fourth-order valence-corrected chi connectivity index (χ4v) is 5.19. The summed E-state index contributed by atoms with van der Waals surface area (Å²) in [7, 11) is 0. The summed E-state index contributed by atoms with van der Waals surface area (Å²) in [6, 6.07) is 10.1. The van der Waals surface area contributed by atoms with E-state index < -0.39 is 36.7 Å². The van der Waals surface area contributed by atoms with Crippen molar-refractivity contribution in [3.8, 4) is 0 Å². The van der Waals surface area contributed by atoms with Gasteiger partial charge in [0.1, 0.15) is 18.3 Å². The van der Waals surface area contributed by atoms with Crippen LogP contribution in [-0.4, -0.2) is 72.0 Å². The largest absolute Gasteiger partial charge is 0.394 e. The molecule has 36 heavy (non-hydrogen) atoms. The molecule has 12 heteroatoms. The molecule has 2 aliphatic heterocycles. The third-order valence-corrected chi connectivity index (χ3v) is 7.16. The number of nitrogens with one attached hydrogen (secondary N) is 1. The smallest absolute Gasteiger partial charge is 0.184 e. The first-order valence-electron chi connectivity index (χ1n) is 12.2. The van der Waals surface area contributed by atoms with Crippen molar-refractivity contribution >= 4 is 23.2 Å². The van der Waals surface area contributed by atoms with Gasteiger partial charge in [0.25, 0.3) is 0 Å². The summed E-state index contributed by atoms with van der Waals surface area (Å²) in [6.45, 7) is -0.424. The van der Waals surface area contributed by atoms with Gasteiger partial charge >= 0.3 is 0 Å².